The average molecular weight is 287 g/mol. The molecule has 0 radical (unpaired) electrons. The van der Waals surface area contributed by atoms with E-state index in [9.17, 15) is 4.79 Å². The van der Waals surface area contributed by atoms with Crippen molar-refractivity contribution in [3.8, 4) is 0 Å². The summed E-state index contributed by atoms with van der Waals surface area (Å²) in [6, 6.07) is 0.711. The van der Waals surface area contributed by atoms with Gasteiger partial charge in [0, 0.05) is 24.4 Å². The van der Waals surface area contributed by atoms with Crippen molar-refractivity contribution < 1.29 is 4.79 Å². The number of amides is 1. The number of thioether (sulfide) groups is 1. The van der Waals surface area contributed by atoms with Crippen LogP contribution in [-0.4, -0.2) is 60.6 Å². The fourth-order valence-electron chi connectivity index (χ4n) is 2.39. The molecule has 0 saturated carbocycles. The van der Waals surface area contributed by atoms with Crippen LogP contribution in [0.1, 0.15) is 33.6 Å². The van der Waals surface area contributed by atoms with Gasteiger partial charge in [0.25, 0.3) is 0 Å². The van der Waals surface area contributed by atoms with Crippen molar-refractivity contribution in [1.29, 1.82) is 0 Å². The lowest BCUT2D eigenvalue weighted by Gasteiger charge is -2.30. The molecule has 0 aromatic carbocycles. The van der Waals surface area contributed by atoms with Crippen molar-refractivity contribution in [2.24, 2.45) is 0 Å². The summed E-state index contributed by atoms with van der Waals surface area (Å²) in [6.07, 6.45) is 2.26. The Morgan fingerprint density at radius 1 is 1.42 bits per heavy atom. The van der Waals surface area contributed by atoms with Crippen LogP contribution in [-0.2, 0) is 4.79 Å². The van der Waals surface area contributed by atoms with E-state index in [0.29, 0.717) is 17.8 Å². The van der Waals surface area contributed by atoms with E-state index in [0.717, 1.165) is 44.8 Å². The number of piperidine rings is 1. The van der Waals surface area contributed by atoms with E-state index >= 15 is 0 Å². The van der Waals surface area contributed by atoms with Crippen LogP contribution in [0.5, 0.6) is 0 Å². The highest BCUT2D eigenvalue weighted by Gasteiger charge is 2.21. The van der Waals surface area contributed by atoms with Crippen LogP contribution in [0.3, 0.4) is 0 Å². The van der Waals surface area contributed by atoms with Crippen LogP contribution in [0.2, 0.25) is 0 Å². The lowest BCUT2D eigenvalue weighted by atomic mass is 10.00. The quantitative estimate of drug-likeness (QED) is 0.661. The monoisotopic (exact) mass is 287 g/mol. The lowest BCUT2D eigenvalue weighted by molar-refractivity contribution is -0.119. The van der Waals surface area contributed by atoms with E-state index in [1.807, 2.05) is 0 Å². The number of nitrogens with zero attached hydrogens (tertiary/aromatic N) is 1. The third-order valence-corrected chi connectivity index (χ3v) is 4.73. The summed E-state index contributed by atoms with van der Waals surface area (Å²) in [5.41, 5.74) is 0. The third-order valence-electron chi connectivity index (χ3n) is 3.79. The maximum atomic E-state index is 11.9. The SMILES string of the molecule is CCN(CC)CCSCC(=O)NC1CCCNC1C. The van der Waals surface area contributed by atoms with E-state index in [1.54, 1.807) is 11.8 Å². The molecule has 1 amide bonds. The second-order valence-electron chi connectivity index (χ2n) is 5.14. The van der Waals surface area contributed by atoms with Gasteiger partial charge in [-0.15, -0.1) is 0 Å². The van der Waals surface area contributed by atoms with Gasteiger partial charge >= 0.3 is 0 Å². The summed E-state index contributed by atoms with van der Waals surface area (Å²) < 4.78 is 0. The van der Waals surface area contributed by atoms with E-state index in [4.69, 9.17) is 0 Å². The van der Waals surface area contributed by atoms with Gasteiger partial charge in [-0.25, -0.2) is 0 Å². The van der Waals surface area contributed by atoms with Crippen LogP contribution in [0.25, 0.3) is 0 Å². The van der Waals surface area contributed by atoms with Gasteiger partial charge in [0.2, 0.25) is 5.91 Å². The van der Waals surface area contributed by atoms with Gasteiger partial charge in [-0.1, -0.05) is 13.8 Å². The fourth-order valence-corrected chi connectivity index (χ4v) is 3.19. The Kier molecular flexibility index (Phi) is 8.50. The minimum Gasteiger partial charge on any atom is -0.351 e. The maximum Gasteiger partial charge on any atom is 0.230 e. The highest BCUT2D eigenvalue weighted by molar-refractivity contribution is 7.99. The molecule has 0 bridgehead atoms. The van der Waals surface area contributed by atoms with Crippen molar-refractivity contribution in [1.82, 2.24) is 15.5 Å². The molecule has 2 atom stereocenters. The van der Waals surface area contributed by atoms with Gasteiger partial charge in [0.15, 0.2) is 0 Å². The summed E-state index contributed by atoms with van der Waals surface area (Å²) in [6.45, 7) is 10.8. The number of carbonyl (C=O) groups is 1. The molecule has 19 heavy (non-hydrogen) atoms. The molecule has 1 heterocycles. The standard InChI is InChI=1S/C14H29N3OS/c1-4-17(5-2)9-10-19-11-14(18)16-13-7-6-8-15-12(13)3/h12-13,15H,4-11H2,1-3H3,(H,16,18). The van der Waals surface area contributed by atoms with Gasteiger partial charge in [-0.2, -0.15) is 11.8 Å². The smallest absolute Gasteiger partial charge is 0.230 e. The molecule has 0 aromatic rings. The number of nitrogens with one attached hydrogen (secondary N) is 2. The minimum atomic E-state index is 0.185. The molecule has 0 spiro atoms. The summed E-state index contributed by atoms with van der Waals surface area (Å²) in [4.78, 5) is 14.3. The molecule has 5 heteroatoms. The Morgan fingerprint density at radius 2 is 2.16 bits per heavy atom. The molecule has 0 aromatic heterocycles. The third kappa shape index (κ3) is 6.63. The van der Waals surface area contributed by atoms with Crippen LogP contribution in [0.4, 0.5) is 0 Å². The first-order valence-electron chi connectivity index (χ1n) is 7.50. The lowest BCUT2D eigenvalue weighted by Crippen LogP contribution is -2.52. The van der Waals surface area contributed by atoms with E-state index in [2.05, 4.69) is 36.3 Å². The van der Waals surface area contributed by atoms with Gasteiger partial charge in [-0.05, 0) is 39.4 Å². The Hall–Kier alpha value is -0.260. The Balaban J connectivity index is 2.10. The van der Waals surface area contributed by atoms with Crippen LogP contribution >= 0.6 is 11.8 Å². The van der Waals surface area contributed by atoms with Crippen molar-refractivity contribution in [3.63, 3.8) is 0 Å². The zero-order chi connectivity index (χ0) is 14.1. The minimum absolute atomic E-state index is 0.185. The van der Waals surface area contributed by atoms with E-state index < -0.39 is 0 Å². The first kappa shape index (κ1) is 16.8. The van der Waals surface area contributed by atoms with E-state index in [1.165, 1.54) is 0 Å². The predicted octanol–water partition coefficient (Wildman–Crippen LogP) is 1.32. The molecule has 1 aliphatic rings. The summed E-state index contributed by atoms with van der Waals surface area (Å²) >= 11 is 1.74. The number of carbonyl (C=O) groups excluding carboxylic acids is 1. The molecular formula is C14H29N3OS. The van der Waals surface area contributed by atoms with Crippen LogP contribution in [0.15, 0.2) is 0 Å². The molecule has 1 rings (SSSR count). The molecule has 0 aliphatic carbocycles. The maximum absolute atomic E-state index is 11.9. The molecule has 1 saturated heterocycles. The van der Waals surface area contributed by atoms with E-state index in [-0.39, 0.29) is 5.91 Å². The van der Waals surface area contributed by atoms with Gasteiger partial charge in [0.1, 0.15) is 0 Å². The van der Waals surface area contributed by atoms with Crippen molar-refractivity contribution in [2.45, 2.75) is 45.7 Å². The zero-order valence-corrected chi connectivity index (χ0v) is 13.4. The van der Waals surface area contributed by atoms with Crippen molar-refractivity contribution in [2.75, 3.05) is 37.7 Å². The highest BCUT2D eigenvalue weighted by atomic mass is 32.2. The topological polar surface area (TPSA) is 44.4 Å². The molecule has 1 fully saturated rings. The number of rotatable bonds is 8. The second-order valence-corrected chi connectivity index (χ2v) is 6.24. The fraction of sp³-hybridized carbons (Fsp3) is 0.929. The summed E-state index contributed by atoms with van der Waals surface area (Å²) in [7, 11) is 0. The molecule has 1 aliphatic heterocycles. The molecule has 112 valence electrons. The van der Waals surface area contributed by atoms with Crippen LogP contribution < -0.4 is 10.6 Å². The summed E-state index contributed by atoms with van der Waals surface area (Å²) in [5.74, 6) is 1.81. The van der Waals surface area contributed by atoms with Crippen molar-refractivity contribution >= 4 is 17.7 Å². The first-order chi connectivity index (χ1) is 9.17. The Bertz CT molecular complexity index is 259. The van der Waals surface area contributed by atoms with Gasteiger partial charge < -0.3 is 15.5 Å². The molecule has 2 N–H and O–H groups in total. The average Bonchev–Trinajstić information content (AvgIpc) is 2.42. The normalized spacial score (nSPS) is 23.6. The van der Waals surface area contributed by atoms with Gasteiger partial charge in [-0.3, -0.25) is 4.79 Å². The van der Waals surface area contributed by atoms with Gasteiger partial charge in [0.05, 0.1) is 5.75 Å². The number of hydrogen-bond donors (Lipinski definition) is 2. The zero-order valence-electron chi connectivity index (χ0n) is 12.6. The molecule has 2 unspecified atom stereocenters. The molecular weight excluding hydrogens is 258 g/mol. The Morgan fingerprint density at radius 3 is 2.79 bits per heavy atom. The highest BCUT2D eigenvalue weighted by Crippen LogP contribution is 2.09. The second kappa shape index (κ2) is 9.61. The largest absolute Gasteiger partial charge is 0.351 e. The predicted molar refractivity (Wildman–Crippen MR) is 83.7 cm³/mol. The first-order valence-corrected chi connectivity index (χ1v) is 8.65. The Labute approximate surface area is 122 Å². The number of hydrogen-bond acceptors (Lipinski definition) is 4. The van der Waals surface area contributed by atoms with Crippen molar-refractivity contribution in [3.05, 3.63) is 0 Å². The summed E-state index contributed by atoms with van der Waals surface area (Å²) in [5, 5.41) is 6.56. The van der Waals surface area contributed by atoms with Crippen LogP contribution in [0, 0.1) is 0 Å². The molecule has 4 nitrogen and oxygen atoms in total.